The third-order valence-electron chi connectivity index (χ3n) is 9.50. The average molecular weight is 517 g/mol. The summed E-state index contributed by atoms with van der Waals surface area (Å²) >= 11 is 0. The highest BCUT2D eigenvalue weighted by Crippen LogP contribution is 2.49. The van der Waals surface area contributed by atoms with E-state index in [1.165, 1.54) is 64.2 Å². The van der Waals surface area contributed by atoms with Crippen LogP contribution in [0.2, 0.25) is 0 Å². The zero-order valence-electron chi connectivity index (χ0n) is 22.9. The van der Waals surface area contributed by atoms with E-state index >= 15 is 0 Å². The Bertz CT molecular complexity index is 882. The highest BCUT2D eigenvalue weighted by Gasteiger charge is 2.39. The van der Waals surface area contributed by atoms with Crippen LogP contribution in [0.3, 0.4) is 0 Å². The molecule has 1 aromatic rings. The van der Waals surface area contributed by atoms with Crippen LogP contribution < -0.4 is 9.47 Å². The van der Waals surface area contributed by atoms with Crippen LogP contribution in [0.25, 0.3) is 0 Å². The van der Waals surface area contributed by atoms with Crippen LogP contribution >= 0.6 is 0 Å². The molecule has 0 amide bonds. The molecule has 0 aliphatic heterocycles. The van der Waals surface area contributed by atoms with Crippen LogP contribution in [0.1, 0.15) is 104 Å². The van der Waals surface area contributed by atoms with Gasteiger partial charge < -0.3 is 9.47 Å². The number of carbonyl (C=O) groups excluding carboxylic acids is 1. The lowest BCUT2D eigenvalue weighted by atomic mass is 9.60. The van der Waals surface area contributed by atoms with Crippen LogP contribution in [0.5, 0.6) is 11.5 Å². The second kappa shape index (κ2) is 13.8. The van der Waals surface area contributed by atoms with Gasteiger partial charge in [0.15, 0.2) is 17.4 Å². The first-order valence-electron chi connectivity index (χ1n) is 14.9. The molecule has 5 heteroatoms. The fraction of sp³-hybridized carbons (Fsp3) is 0.719. The Labute approximate surface area is 222 Å². The lowest BCUT2D eigenvalue weighted by molar-refractivity contribution is -0.140. The molecule has 37 heavy (non-hydrogen) atoms. The summed E-state index contributed by atoms with van der Waals surface area (Å²) in [4.78, 5) is 12.8. The summed E-state index contributed by atoms with van der Waals surface area (Å²) in [6.07, 6.45) is 21.1. The van der Waals surface area contributed by atoms with Crippen molar-refractivity contribution in [2.75, 3.05) is 6.61 Å². The molecule has 0 N–H and O–H groups in total. The average Bonchev–Trinajstić information content (AvgIpc) is 2.90. The molecule has 3 saturated carbocycles. The van der Waals surface area contributed by atoms with Crippen LogP contribution in [-0.2, 0) is 4.79 Å². The lowest BCUT2D eigenvalue weighted by Crippen LogP contribution is -2.35. The van der Waals surface area contributed by atoms with Gasteiger partial charge in [-0.15, -0.1) is 0 Å². The van der Waals surface area contributed by atoms with Crippen LogP contribution in [-0.4, -0.2) is 12.6 Å². The molecule has 0 heterocycles. The quantitative estimate of drug-likeness (QED) is 0.135. The molecular formula is C32H46F2O3. The van der Waals surface area contributed by atoms with Crippen molar-refractivity contribution in [1.29, 1.82) is 0 Å². The molecule has 3 aliphatic carbocycles. The Morgan fingerprint density at radius 3 is 2.19 bits per heavy atom. The SMILES string of the molecule is C/C=C/COc1c(F)cc(OC(=O)C2CCC(C3CCC4CC(CCCCC)CCC4C3)CC2)cc1F. The van der Waals surface area contributed by atoms with Gasteiger partial charge >= 0.3 is 5.97 Å². The maximum Gasteiger partial charge on any atom is 0.314 e. The molecule has 4 atom stereocenters. The highest BCUT2D eigenvalue weighted by molar-refractivity contribution is 5.75. The maximum absolute atomic E-state index is 14.3. The first-order valence-corrected chi connectivity index (χ1v) is 14.9. The van der Waals surface area contributed by atoms with Gasteiger partial charge in [0.05, 0.1) is 5.92 Å². The minimum absolute atomic E-state index is 0.0781. The molecule has 3 nitrogen and oxygen atoms in total. The fourth-order valence-corrected chi connectivity index (χ4v) is 7.38. The van der Waals surface area contributed by atoms with Crippen molar-refractivity contribution >= 4 is 5.97 Å². The number of benzene rings is 1. The number of hydrogen-bond donors (Lipinski definition) is 0. The Morgan fingerprint density at radius 1 is 0.892 bits per heavy atom. The summed E-state index contributed by atoms with van der Waals surface area (Å²) in [5, 5.41) is 0. The monoisotopic (exact) mass is 516 g/mol. The molecule has 0 aromatic heterocycles. The van der Waals surface area contributed by atoms with E-state index in [1.807, 2.05) is 0 Å². The Morgan fingerprint density at radius 2 is 1.51 bits per heavy atom. The molecule has 1 aromatic carbocycles. The van der Waals surface area contributed by atoms with E-state index in [2.05, 4.69) is 6.92 Å². The number of carbonyl (C=O) groups is 1. The number of halogens is 2. The van der Waals surface area contributed by atoms with Crippen molar-refractivity contribution in [3.8, 4) is 11.5 Å². The normalized spacial score (nSPS) is 30.2. The van der Waals surface area contributed by atoms with Gasteiger partial charge in [0.25, 0.3) is 0 Å². The summed E-state index contributed by atoms with van der Waals surface area (Å²) in [6, 6.07) is 2.07. The van der Waals surface area contributed by atoms with E-state index in [9.17, 15) is 13.6 Å². The molecule has 0 bridgehead atoms. The van der Waals surface area contributed by atoms with Gasteiger partial charge in [0.2, 0.25) is 0 Å². The second-order valence-electron chi connectivity index (χ2n) is 11.9. The van der Waals surface area contributed by atoms with Gasteiger partial charge in [-0.05, 0) is 94.3 Å². The van der Waals surface area contributed by atoms with Crippen molar-refractivity contribution in [1.82, 2.24) is 0 Å². The van der Waals surface area contributed by atoms with E-state index in [1.54, 1.807) is 19.1 Å². The maximum atomic E-state index is 14.3. The number of unbranched alkanes of at least 4 members (excludes halogenated alkanes) is 2. The lowest BCUT2D eigenvalue weighted by Gasteiger charge is -2.45. The van der Waals surface area contributed by atoms with E-state index in [0.717, 1.165) is 61.5 Å². The summed E-state index contributed by atoms with van der Waals surface area (Å²) in [7, 11) is 0. The van der Waals surface area contributed by atoms with E-state index in [4.69, 9.17) is 9.47 Å². The minimum Gasteiger partial charge on any atom is -0.483 e. The number of esters is 1. The Hall–Kier alpha value is -1.91. The van der Waals surface area contributed by atoms with Gasteiger partial charge in [0, 0.05) is 12.1 Å². The Balaban J connectivity index is 1.22. The first kappa shape index (κ1) is 28.1. The molecule has 4 rings (SSSR count). The number of hydrogen-bond acceptors (Lipinski definition) is 3. The fourth-order valence-electron chi connectivity index (χ4n) is 7.38. The highest BCUT2D eigenvalue weighted by atomic mass is 19.1. The number of fused-ring (bicyclic) bond motifs is 1. The van der Waals surface area contributed by atoms with Gasteiger partial charge in [-0.25, -0.2) is 8.78 Å². The standard InChI is InChI=1S/C32H46F2O3/c1-3-5-7-8-22-9-10-27-19-26(16-15-25(27)18-22)23-11-13-24(14-12-23)32(35)37-28-20-29(33)31(30(34)21-28)36-17-6-4-2/h4,6,20-27H,3,5,7-19H2,1-2H3/b6-4+. The van der Waals surface area contributed by atoms with Crippen molar-refractivity contribution in [2.45, 2.75) is 104 Å². The largest absolute Gasteiger partial charge is 0.483 e. The van der Waals surface area contributed by atoms with Crippen molar-refractivity contribution < 1.29 is 23.0 Å². The van der Waals surface area contributed by atoms with Crippen molar-refractivity contribution in [3.63, 3.8) is 0 Å². The number of ether oxygens (including phenoxy) is 2. The van der Waals surface area contributed by atoms with E-state index in [0.29, 0.717) is 5.92 Å². The van der Waals surface area contributed by atoms with Gasteiger partial charge in [-0.3, -0.25) is 4.79 Å². The second-order valence-corrected chi connectivity index (χ2v) is 11.9. The molecular weight excluding hydrogens is 470 g/mol. The zero-order valence-corrected chi connectivity index (χ0v) is 22.9. The molecule has 0 spiro atoms. The third-order valence-corrected chi connectivity index (χ3v) is 9.50. The first-order chi connectivity index (χ1) is 18.0. The third kappa shape index (κ3) is 7.57. The Kier molecular flexibility index (Phi) is 10.5. The summed E-state index contributed by atoms with van der Waals surface area (Å²) in [5.74, 6) is 1.51. The predicted octanol–water partition coefficient (Wildman–Crippen LogP) is 9.04. The topological polar surface area (TPSA) is 35.5 Å². The molecule has 0 saturated heterocycles. The van der Waals surface area contributed by atoms with Crippen LogP contribution in [0, 0.1) is 47.1 Å². The van der Waals surface area contributed by atoms with Gasteiger partial charge in [-0.2, -0.15) is 0 Å². The molecule has 3 aliphatic rings. The van der Waals surface area contributed by atoms with Crippen LogP contribution in [0.4, 0.5) is 8.78 Å². The molecule has 206 valence electrons. The summed E-state index contributed by atoms with van der Waals surface area (Å²) in [6.45, 7) is 4.17. The van der Waals surface area contributed by atoms with Crippen molar-refractivity contribution in [2.24, 2.45) is 35.5 Å². The summed E-state index contributed by atoms with van der Waals surface area (Å²) in [5.41, 5.74) is 0. The molecule has 4 unspecified atom stereocenters. The number of rotatable bonds is 10. The zero-order chi connectivity index (χ0) is 26.2. The van der Waals surface area contributed by atoms with Gasteiger partial charge in [0.1, 0.15) is 12.4 Å². The molecule has 3 fully saturated rings. The van der Waals surface area contributed by atoms with E-state index < -0.39 is 17.4 Å². The molecule has 0 radical (unpaired) electrons. The summed E-state index contributed by atoms with van der Waals surface area (Å²) < 4.78 is 39.2. The minimum atomic E-state index is -0.860. The smallest absolute Gasteiger partial charge is 0.314 e. The van der Waals surface area contributed by atoms with E-state index in [-0.39, 0.29) is 24.2 Å². The van der Waals surface area contributed by atoms with Gasteiger partial charge in [-0.1, -0.05) is 51.2 Å². The van der Waals surface area contributed by atoms with Crippen LogP contribution in [0.15, 0.2) is 24.3 Å². The predicted molar refractivity (Wildman–Crippen MR) is 144 cm³/mol. The van der Waals surface area contributed by atoms with Crippen molar-refractivity contribution in [3.05, 3.63) is 35.9 Å². The number of allylic oxidation sites excluding steroid dienone is 1.